The molecule has 0 N–H and O–H groups in total. The fourth-order valence-corrected chi connectivity index (χ4v) is 2.33. The number of hydrogen-bond donors (Lipinski definition) is 0. The van der Waals surface area contributed by atoms with Gasteiger partial charge in [0.15, 0.2) is 0 Å². The summed E-state index contributed by atoms with van der Waals surface area (Å²) in [4.78, 5) is 16.0. The molecule has 1 aromatic rings. The first-order chi connectivity index (χ1) is 9.24. The number of nitrogens with zero attached hydrogens (tertiary/aromatic N) is 3. The molecule has 1 aromatic carbocycles. The van der Waals surface area contributed by atoms with Crippen molar-refractivity contribution in [1.82, 2.24) is 4.90 Å². The fraction of sp³-hybridized carbons (Fsp3) is 0.467. The minimum Gasteiger partial charge on any atom is -0.368 e. The zero-order valence-corrected chi connectivity index (χ0v) is 11.3. The van der Waals surface area contributed by atoms with Gasteiger partial charge in [0.05, 0.1) is 11.6 Å². The Labute approximate surface area is 114 Å². The number of rotatable bonds is 3. The molecule has 1 saturated heterocycles. The molecule has 0 unspecified atom stereocenters. The third-order valence-electron chi connectivity index (χ3n) is 3.46. The van der Waals surface area contributed by atoms with Crippen LogP contribution in [-0.2, 0) is 4.79 Å². The zero-order chi connectivity index (χ0) is 13.7. The van der Waals surface area contributed by atoms with Crippen molar-refractivity contribution in [2.45, 2.75) is 19.8 Å². The molecule has 0 atom stereocenters. The molecular formula is C15H19N3O. The Morgan fingerprint density at radius 2 is 1.84 bits per heavy atom. The van der Waals surface area contributed by atoms with E-state index in [0.717, 1.165) is 38.3 Å². The molecule has 4 nitrogen and oxygen atoms in total. The fourth-order valence-electron chi connectivity index (χ4n) is 2.33. The van der Waals surface area contributed by atoms with Crippen LogP contribution in [0.1, 0.15) is 25.3 Å². The number of carbonyl (C=O) groups excluding carboxylic acids is 1. The Morgan fingerprint density at radius 1 is 1.21 bits per heavy atom. The molecule has 0 saturated carbocycles. The summed E-state index contributed by atoms with van der Waals surface area (Å²) < 4.78 is 0. The van der Waals surface area contributed by atoms with Crippen molar-refractivity contribution in [3.63, 3.8) is 0 Å². The van der Waals surface area contributed by atoms with Crippen LogP contribution in [0.15, 0.2) is 24.3 Å². The minimum atomic E-state index is 0.266. The molecule has 0 aliphatic carbocycles. The van der Waals surface area contributed by atoms with E-state index in [4.69, 9.17) is 5.26 Å². The first-order valence-corrected chi connectivity index (χ1v) is 6.77. The van der Waals surface area contributed by atoms with Crippen molar-refractivity contribution in [2.75, 3.05) is 31.1 Å². The van der Waals surface area contributed by atoms with E-state index in [-0.39, 0.29) is 5.91 Å². The van der Waals surface area contributed by atoms with Gasteiger partial charge in [-0.2, -0.15) is 5.26 Å². The number of carbonyl (C=O) groups is 1. The predicted molar refractivity (Wildman–Crippen MR) is 74.9 cm³/mol. The van der Waals surface area contributed by atoms with E-state index < -0.39 is 0 Å². The monoisotopic (exact) mass is 257 g/mol. The molecule has 0 bridgehead atoms. The molecule has 4 heteroatoms. The number of piperazine rings is 1. The van der Waals surface area contributed by atoms with Crippen LogP contribution in [0.3, 0.4) is 0 Å². The van der Waals surface area contributed by atoms with Gasteiger partial charge in [-0.25, -0.2) is 0 Å². The van der Waals surface area contributed by atoms with Gasteiger partial charge in [0.25, 0.3) is 0 Å². The predicted octanol–water partition coefficient (Wildman–Crippen LogP) is 2.01. The Morgan fingerprint density at radius 3 is 2.37 bits per heavy atom. The summed E-state index contributed by atoms with van der Waals surface area (Å²) in [6.45, 7) is 5.34. The van der Waals surface area contributed by atoms with E-state index in [1.807, 2.05) is 36.1 Å². The lowest BCUT2D eigenvalue weighted by molar-refractivity contribution is -0.131. The SMILES string of the molecule is CCCC(=O)N1CCN(c2ccc(C#N)cc2)CC1. The van der Waals surface area contributed by atoms with E-state index in [1.54, 1.807) is 0 Å². The van der Waals surface area contributed by atoms with Gasteiger partial charge in [0, 0.05) is 38.3 Å². The van der Waals surface area contributed by atoms with Gasteiger partial charge in [0.1, 0.15) is 0 Å². The quantitative estimate of drug-likeness (QED) is 0.832. The smallest absolute Gasteiger partial charge is 0.222 e. The van der Waals surface area contributed by atoms with E-state index in [9.17, 15) is 4.79 Å². The van der Waals surface area contributed by atoms with Crippen LogP contribution in [0.2, 0.25) is 0 Å². The molecule has 1 amide bonds. The number of benzene rings is 1. The second-order valence-corrected chi connectivity index (χ2v) is 4.78. The normalized spacial score (nSPS) is 15.2. The number of hydrogen-bond acceptors (Lipinski definition) is 3. The Hall–Kier alpha value is -2.02. The summed E-state index contributed by atoms with van der Waals surface area (Å²) in [5.74, 6) is 0.266. The molecule has 1 aliphatic heterocycles. The van der Waals surface area contributed by atoms with Gasteiger partial charge in [-0.05, 0) is 30.7 Å². The average molecular weight is 257 g/mol. The van der Waals surface area contributed by atoms with Crippen LogP contribution in [0, 0.1) is 11.3 Å². The molecule has 0 aromatic heterocycles. The van der Waals surface area contributed by atoms with Gasteiger partial charge in [-0.3, -0.25) is 4.79 Å². The summed E-state index contributed by atoms with van der Waals surface area (Å²) in [6.07, 6.45) is 1.56. The van der Waals surface area contributed by atoms with E-state index in [1.165, 1.54) is 0 Å². The van der Waals surface area contributed by atoms with Gasteiger partial charge in [0.2, 0.25) is 5.91 Å². The van der Waals surface area contributed by atoms with Crippen LogP contribution in [0.4, 0.5) is 5.69 Å². The van der Waals surface area contributed by atoms with Crippen LogP contribution in [0.25, 0.3) is 0 Å². The standard InChI is InChI=1S/C15H19N3O/c1-2-3-15(19)18-10-8-17(9-11-18)14-6-4-13(12-16)5-7-14/h4-7H,2-3,8-11H2,1H3. The average Bonchev–Trinajstić information content (AvgIpc) is 2.48. The van der Waals surface area contributed by atoms with Crippen LogP contribution in [0.5, 0.6) is 0 Å². The van der Waals surface area contributed by atoms with Crippen LogP contribution >= 0.6 is 0 Å². The highest BCUT2D eigenvalue weighted by Gasteiger charge is 2.20. The summed E-state index contributed by atoms with van der Waals surface area (Å²) in [5, 5.41) is 8.78. The minimum absolute atomic E-state index is 0.266. The highest BCUT2D eigenvalue weighted by Crippen LogP contribution is 2.17. The Balaban J connectivity index is 1.92. The van der Waals surface area contributed by atoms with Crippen molar-refractivity contribution in [2.24, 2.45) is 0 Å². The highest BCUT2D eigenvalue weighted by molar-refractivity contribution is 5.76. The third-order valence-corrected chi connectivity index (χ3v) is 3.46. The van der Waals surface area contributed by atoms with E-state index in [2.05, 4.69) is 11.0 Å². The topological polar surface area (TPSA) is 47.3 Å². The van der Waals surface area contributed by atoms with Crippen LogP contribution in [-0.4, -0.2) is 37.0 Å². The molecule has 100 valence electrons. The maximum atomic E-state index is 11.8. The van der Waals surface area contributed by atoms with Crippen molar-refractivity contribution in [1.29, 1.82) is 5.26 Å². The molecule has 1 aliphatic rings. The van der Waals surface area contributed by atoms with Gasteiger partial charge in [-0.15, -0.1) is 0 Å². The molecular weight excluding hydrogens is 238 g/mol. The van der Waals surface area contributed by atoms with E-state index in [0.29, 0.717) is 12.0 Å². The van der Waals surface area contributed by atoms with Crippen LogP contribution < -0.4 is 4.90 Å². The third kappa shape index (κ3) is 3.25. The second-order valence-electron chi connectivity index (χ2n) is 4.78. The lowest BCUT2D eigenvalue weighted by atomic mass is 10.2. The number of amides is 1. The van der Waals surface area contributed by atoms with Gasteiger partial charge < -0.3 is 9.80 Å². The van der Waals surface area contributed by atoms with E-state index >= 15 is 0 Å². The number of anilines is 1. The zero-order valence-electron chi connectivity index (χ0n) is 11.3. The summed E-state index contributed by atoms with van der Waals surface area (Å²) in [6, 6.07) is 9.74. The summed E-state index contributed by atoms with van der Waals surface area (Å²) in [7, 11) is 0. The van der Waals surface area contributed by atoms with Crippen molar-refractivity contribution < 1.29 is 4.79 Å². The first-order valence-electron chi connectivity index (χ1n) is 6.77. The maximum Gasteiger partial charge on any atom is 0.222 e. The molecule has 1 fully saturated rings. The molecule has 19 heavy (non-hydrogen) atoms. The van der Waals surface area contributed by atoms with Crippen molar-refractivity contribution in [3.05, 3.63) is 29.8 Å². The molecule has 0 spiro atoms. The lowest BCUT2D eigenvalue weighted by Crippen LogP contribution is -2.48. The Bertz CT molecular complexity index is 467. The number of nitriles is 1. The summed E-state index contributed by atoms with van der Waals surface area (Å²) in [5.41, 5.74) is 1.81. The largest absolute Gasteiger partial charge is 0.368 e. The molecule has 0 radical (unpaired) electrons. The van der Waals surface area contributed by atoms with Crippen molar-refractivity contribution >= 4 is 11.6 Å². The maximum absolute atomic E-state index is 11.8. The Kier molecular flexibility index (Phi) is 4.40. The first kappa shape index (κ1) is 13.4. The molecule has 1 heterocycles. The second kappa shape index (κ2) is 6.24. The highest BCUT2D eigenvalue weighted by atomic mass is 16.2. The summed E-state index contributed by atoms with van der Waals surface area (Å²) >= 11 is 0. The lowest BCUT2D eigenvalue weighted by Gasteiger charge is -2.36. The van der Waals surface area contributed by atoms with Crippen molar-refractivity contribution in [3.8, 4) is 6.07 Å². The van der Waals surface area contributed by atoms with Gasteiger partial charge >= 0.3 is 0 Å². The van der Waals surface area contributed by atoms with Gasteiger partial charge in [-0.1, -0.05) is 6.92 Å². The molecule has 2 rings (SSSR count).